The highest BCUT2D eigenvalue weighted by atomic mass is 35.5. The highest BCUT2D eigenvalue weighted by Gasteiger charge is 2.27. The molecule has 146 valence electrons. The molecule has 4 rings (SSSR count). The molecule has 0 fully saturated rings. The molecule has 0 spiro atoms. The van der Waals surface area contributed by atoms with Gasteiger partial charge in [0.1, 0.15) is 19.0 Å². The second-order valence-electron chi connectivity index (χ2n) is 6.28. The van der Waals surface area contributed by atoms with Gasteiger partial charge in [-0.05, 0) is 42.0 Å². The van der Waals surface area contributed by atoms with Crippen molar-refractivity contribution in [3.8, 4) is 11.5 Å². The largest absolute Gasteiger partial charge is 0.486 e. The molecule has 1 aromatic heterocycles. The molecule has 0 saturated heterocycles. The van der Waals surface area contributed by atoms with Gasteiger partial charge in [-0.1, -0.05) is 23.7 Å². The number of fused-ring (bicyclic) bond motifs is 1. The van der Waals surface area contributed by atoms with E-state index in [-0.39, 0.29) is 18.0 Å². The van der Waals surface area contributed by atoms with E-state index in [0.29, 0.717) is 35.5 Å². The zero-order valence-electron chi connectivity index (χ0n) is 14.9. The highest BCUT2D eigenvalue weighted by Crippen LogP contribution is 2.33. The van der Waals surface area contributed by atoms with E-state index >= 15 is 0 Å². The Morgan fingerprint density at radius 2 is 1.68 bits per heavy atom. The van der Waals surface area contributed by atoms with Crippen LogP contribution in [0.1, 0.15) is 11.3 Å². The lowest BCUT2D eigenvalue weighted by Gasteiger charge is -2.23. The number of hydrogen-bond acceptors (Lipinski definition) is 5. The van der Waals surface area contributed by atoms with E-state index in [1.54, 1.807) is 42.5 Å². The van der Waals surface area contributed by atoms with Gasteiger partial charge in [0.15, 0.2) is 11.5 Å². The molecule has 6 nitrogen and oxygen atoms in total. The van der Waals surface area contributed by atoms with Crippen LogP contribution in [0.15, 0.2) is 70.2 Å². The van der Waals surface area contributed by atoms with E-state index in [2.05, 4.69) is 0 Å². The molecule has 0 aliphatic carbocycles. The van der Waals surface area contributed by atoms with Crippen molar-refractivity contribution in [3.05, 3.63) is 77.2 Å². The summed E-state index contributed by atoms with van der Waals surface area (Å²) in [5, 5.41) is 0.594. The van der Waals surface area contributed by atoms with Crippen LogP contribution in [0.25, 0.3) is 0 Å². The van der Waals surface area contributed by atoms with Gasteiger partial charge < -0.3 is 13.9 Å². The molecule has 0 bridgehead atoms. The van der Waals surface area contributed by atoms with Gasteiger partial charge in [-0.2, -0.15) is 4.31 Å². The van der Waals surface area contributed by atoms with Crippen molar-refractivity contribution in [2.45, 2.75) is 18.0 Å². The average Bonchev–Trinajstić information content (AvgIpc) is 3.22. The van der Waals surface area contributed by atoms with E-state index in [9.17, 15) is 8.42 Å². The molecule has 1 aliphatic heterocycles. The monoisotopic (exact) mass is 419 g/mol. The van der Waals surface area contributed by atoms with Crippen molar-refractivity contribution in [1.82, 2.24) is 4.31 Å². The maximum atomic E-state index is 13.4. The van der Waals surface area contributed by atoms with Crippen molar-refractivity contribution in [3.63, 3.8) is 0 Å². The second kappa shape index (κ2) is 7.87. The predicted octanol–water partition coefficient (Wildman–Crippen LogP) is 4.10. The number of nitrogens with zero attached hydrogens (tertiary/aromatic N) is 1. The van der Waals surface area contributed by atoms with Crippen molar-refractivity contribution in [2.75, 3.05) is 13.2 Å². The maximum Gasteiger partial charge on any atom is 0.243 e. The van der Waals surface area contributed by atoms with Gasteiger partial charge in [0.25, 0.3) is 0 Å². The minimum atomic E-state index is -3.81. The summed E-state index contributed by atoms with van der Waals surface area (Å²) in [5.41, 5.74) is 0.817. The Balaban J connectivity index is 1.68. The summed E-state index contributed by atoms with van der Waals surface area (Å²) >= 11 is 5.94. The van der Waals surface area contributed by atoms with Gasteiger partial charge in [0, 0.05) is 17.6 Å². The molecule has 0 amide bonds. The topological polar surface area (TPSA) is 69.0 Å². The lowest BCUT2D eigenvalue weighted by atomic mass is 10.2. The molecule has 0 unspecified atom stereocenters. The average molecular weight is 420 g/mol. The van der Waals surface area contributed by atoms with Gasteiger partial charge >= 0.3 is 0 Å². The number of rotatable bonds is 6. The van der Waals surface area contributed by atoms with Gasteiger partial charge in [-0.3, -0.25) is 0 Å². The molecule has 0 N–H and O–H groups in total. The summed E-state index contributed by atoms with van der Waals surface area (Å²) in [6.45, 7) is 1.11. The van der Waals surface area contributed by atoms with E-state index < -0.39 is 10.0 Å². The first-order valence-electron chi connectivity index (χ1n) is 8.69. The minimum absolute atomic E-state index is 0.104. The quantitative estimate of drug-likeness (QED) is 0.601. The lowest BCUT2D eigenvalue weighted by Crippen LogP contribution is -2.30. The van der Waals surface area contributed by atoms with Crippen LogP contribution < -0.4 is 9.47 Å². The van der Waals surface area contributed by atoms with Gasteiger partial charge in [-0.15, -0.1) is 0 Å². The van der Waals surface area contributed by atoms with Crippen LogP contribution in [0, 0.1) is 0 Å². The van der Waals surface area contributed by atoms with Gasteiger partial charge in [-0.25, -0.2) is 8.42 Å². The first-order valence-corrected chi connectivity index (χ1v) is 10.5. The smallest absolute Gasteiger partial charge is 0.243 e. The summed E-state index contributed by atoms with van der Waals surface area (Å²) in [5.74, 6) is 1.52. The molecule has 2 aromatic carbocycles. The van der Waals surface area contributed by atoms with E-state index in [0.717, 1.165) is 5.56 Å². The molecule has 28 heavy (non-hydrogen) atoms. The van der Waals surface area contributed by atoms with E-state index in [1.165, 1.54) is 22.7 Å². The minimum Gasteiger partial charge on any atom is -0.486 e. The molecule has 3 aromatic rings. The van der Waals surface area contributed by atoms with Crippen LogP contribution in [-0.4, -0.2) is 25.9 Å². The third kappa shape index (κ3) is 4.01. The van der Waals surface area contributed by atoms with Gasteiger partial charge in [0.2, 0.25) is 10.0 Å². The molecule has 2 heterocycles. The number of ether oxygens (including phenoxy) is 2. The molecule has 0 saturated carbocycles. The third-order valence-corrected chi connectivity index (χ3v) is 6.38. The van der Waals surface area contributed by atoms with Crippen molar-refractivity contribution in [1.29, 1.82) is 0 Å². The first kappa shape index (κ1) is 18.9. The fourth-order valence-corrected chi connectivity index (χ4v) is 4.47. The van der Waals surface area contributed by atoms with Crippen LogP contribution in [-0.2, 0) is 23.1 Å². The number of benzene rings is 2. The number of sulfonamides is 1. The number of halogens is 1. The number of hydrogen-bond donors (Lipinski definition) is 0. The Bertz CT molecular complexity index is 1050. The lowest BCUT2D eigenvalue weighted by molar-refractivity contribution is 0.171. The van der Waals surface area contributed by atoms with E-state index in [4.69, 9.17) is 25.5 Å². The zero-order valence-corrected chi connectivity index (χ0v) is 16.4. The highest BCUT2D eigenvalue weighted by molar-refractivity contribution is 7.89. The Labute approximate surface area is 168 Å². The summed E-state index contributed by atoms with van der Waals surface area (Å²) < 4.78 is 44.5. The van der Waals surface area contributed by atoms with Crippen LogP contribution >= 0.6 is 11.6 Å². The third-order valence-electron chi connectivity index (χ3n) is 4.34. The summed E-state index contributed by atoms with van der Waals surface area (Å²) in [6, 6.07) is 15.2. The molecular formula is C20H18ClNO5S. The Morgan fingerprint density at radius 3 is 2.39 bits per heavy atom. The van der Waals surface area contributed by atoms with Crippen LogP contribution in [0.3, 0.4) is 0 Å². The summed E-state index contributed by atoms with van der Waals surface area (Å²) in [4.78, 5) is 0.136. The van der Waals surface area contributed by atoms with Crippen LogP contribution in [0.2, 0.25) is 5.02 Å². The first-order chi connectivity index (χ1) is 13.5. The Morgan fingerprint density at radius 1 is 0.929 bits per heavy atom. The summed E-state index contributed by atoms with van der Waals surface area (Å²) in [7, 11) is -3.81. The zero-order chi connectivity index (χ0) is 19.6. The predicted molar refractivity (Wildman–Crippen MR) is 104 cm³/mol. The fourth-order valence-electron chi connectivity index (χ4n) is 2.93. The van der Waals surface area contributed by atoms with E-state index in [1.807, 2.05) is 0 Å². The summed E-state index contributed by atoms with van der Waals surface area (Å²) in [6.07, 6.45) is 1.52. The molecule has 0 radical (unpaired) electrons. The molecular weight excluding hydrogens is 402 g/mol. The van der Waals surface area contributed by atoms with Crippen molar-refractivity contribution in [2.24, 2.45) is 0 Å². The molecule has 0 atom stereocenters. The maximum absolute atomic E-state index is 13.4. The normalized spacial score (nSPS) is 13.6. The Hall–Kier alpha value is -2.48. The standard InChI is InChI=1S/C20H18ClNO5S/c21-16-5-3-15(4-6-16)13-22(14-17-2-1-9-25-17)28(23,24)18-7-8-19-20(12-18)27-11-10-26-19/h1-9,12H,10-11,13-14H2. The second-order valence-corrected chi connectivity index (χ2v) is 8.66. The van der Waals surface area contributed by atoms with Crippen molar-refractivity contribution >= 4 is 21.6 Å². The van der Waals surface area contributed by atoms with Crippen LogP contribution in [0.4, 0.5) is 0 Å². The number of furan rings is 1. The van der Waals surface area contributed by atoms with Gasteiger partial charge in [0.05, 0.1) is 17.7 Å². The van der Waals surface area contributed by atoms with Crippen LogP contribution in [0.5, 0.6) is 11.5 Å². The molecule has 8 heteroatoms. The Kier molecular flexibility index (Phi) is 5.30. The molecule has 1 aliphatic rings. The van der Waals surface area contributed by atoms with Crippen molar-refractivity contribution < 1.29 is 22.3 Å². The fraction of sp³-hybridized carbons (Fsp3) is 0.200. The SMILES string of the molecule is O=S(=O)(c1ccc2c(c1)OCCO2)N(Cc1ccc(Cl)cc1)Cc1ccco1.